The van der Waals surface area contributed by atoms with E-state index in [-0.39, 0.29) is 22.0 Å². The molecular weight excluding hydrogens is 367 g/mol. The summed E-state index contributed by atoms with van der Waals surface area (Å²) >= 11 is 9.01. The van der Waals surface area contributed by atoms with Crippen LogP contribution in [0.25, 0.3) is 0 Å². The van der Waals surface area contributed by atoms with Gasteiger partial charge >= 0.3 is 0 Å². The molecule has 1 amide bonds. The van der Waals surface area contributed by atoms with Gasteiger partial charge in [-0.15, -0.1) is 0 Å². The topological polar surface area (TPSA) is 72.2 Å². The zero-order chi connectivity index (χ0) is 15.6. The molecule has 0 fully saturated rings. The number of halogens is 3. The summed E-state index contributed by atoms with van der Waals surface area (Å²) in [5.74, 6) is -1.14. The third-order valence-corrected chi connectivity index (χ3v) is 3.59. The van der Waals surface area contributed by atoms with Gasteiger partial charge in [0.1, 0.15) is 5.82 Å². The number of hydrogen-bond donors (Lipinski definition) is 1. The fourth-order valence-corrected chi connectivity index (χ4v) is 2.23. The molecule has 1 N–H and O–H groups in total. The van der Waals surface area contributed by atoms with E-state index >= 15 is 0 Å². The summed E-state index contributed by atoms with van der Waals surface area (Å²) in [4.78, 5) is 22.1. The Labute approximate surface area is 132 Å². The van der Waals surface area contributed by atoms with Gasteiger partial charge in [0.15, 0.2) is 0 Å². The summed E-state index contributed by atoms with van der Waals surface area (Å²) in [6, 6.07) is 7.32. The number of hydrogen-bond acceptors (Lipinski definition) is 3. The molecule has 2 aromatic carbocycles. The van der Waals surface area contributed by atoms with Crippen molar-refractivity contribution in [2.75, 3.05) is 5.32 Å². The number of anilines is 1. The summed E-state index contributed by atoms with van der Waals surface area (Å²) < 4.78 is 13.6. The molecule has 0 atom stereocenters. The maximum atomic E-state index is 13.2. The molecule has 0 heterocycles. The van der Waals surface area contributed by atoms with Gasteiger partial charge in [0.05, 0.1) is 21.2 Å². The average Bonchev–Trinajstić information content (AvgIpc) is 2.43. The Morgan fingerprint density at radius 3 is 2.62 bits per heavy atom. The lowest BCUT2D eigenvalue weighted by molar-refractivity contribution is -0.384. The Balaban J connectivity index is 2.27. The number of nitrogens with one attached hydrogen (secondary N) is 1. The first-order valence-electron chi connectivity index (χ1n) is 5.59. The van der Waals surface area contributed by atoms with Crippen LogP contribution in [0.1, 0.15) is 10.4 Å². The van der Waals surface area contributed by atoms with Crippen LogP contribution >= 0.6 is 27.5 Å². The van der Waals surface area contributed by atoms with Gasteiger partial charge in [-0.3, -0.25) is 14.9 Å². The van der Waals surface area contributed by atoms with Crippen molar-refractivity contribution in [3.05, 3.63) is 67.4 Å². The number of amides is 1. The van der Waals surface area contributed by atoms with Crippen LogP contribution in [0.4, 0.5) is 15.8 Å². The predicted octanol–water partition coefficient (Wildman–Crippen LogP) is 4.40. The smallest absolute Gasteiger partial charge is 0.271 e. The highest BCUT2D eigenvalue weighted by Gasteiger charge is 2.15. The quantitative estimate of drug-likeness (QED) is 0.640. The van der Waals surface area contributed by atoms with Crippen LogP contribution in [0, 0.1) is 15.9 Å². The van der Waals surface area contributed by atoms with Gasteiger partial charge in [0, 0.05) is 16.6 Å². The zero-order valence-electron chi connectivity index (χ0n) is 10.3. The summed E-state index contributed by atoms with van der Waals surface area (Å²) in [7, 11) is 0. The minimum atomic E-state index is -0.597. The summed E-state index contributed by atoms with van der Waals surface area (Å²) in [5, 5.41) is 13.1. The molecule has 0 aliphatic rings. The van der Waals surface area contributed by atoms with E-state index in [1.54, 1.807) is 0 Å². The van der Waals surface area contributed by atoms with Crippen molar-refractivity contribution in [3.63, 3.8) is 0 Å². The molecule has 0 bridgehead atoms. The maximum Gasteiger partial charge on any atom is 0.271 e. The summed E-state index contributed by atoms with van der Waals surface area (Å²) in [5.41, 5.74) is 0.0952. The van der Waals surface area contributed by atoms with Crippen LogP contribution in [0.3, 0.4) is 0 Å². The lowest BCUT2D eigenvalue weighted by atomic mass is 10.2. The van der Waals surface area contributed by atoms with Crippen LogP contribution < -0.4 is 5.32 Å². The van der Waals surface area contributed by atoms with E-state index in [4.69, 9.17) is 11.6 Å². The molecule has 0 aromatic heterocycles. The molecule has 0 saturated carbocycles. The van der Waals surface area contributed by atoms with Crippen LogP contribution in [0.2, 0.25) is 5.02 Å². The van der Waals surface area contributed by atoms with E-state index in [2.05, 4.69) is 21.2 Å². The van der Waals surface area contributed by atoms with E-state index < -0.39 is 16.6 Å². The number of rotatable bonds is 3. The van der Waals surface area contributed by atoms with Crippen LogP contribution in [-0.4, -0.2) is 10.8 Å². The second-order valence-electron chi connectivity index (χ2n) is 4.00. The number of carbonyl (C=O) groups is 1. The maximum absolute atomic E-state index is 13.2. The van der Waals surface area contributed by atoms with Crippen molar-refractivity contribution in [2.45, 2.75) is 0 Å². The number of non-ortho nitro benzene ring substituents is 1. The van der Waals surface area contributed by atoms with Crippen LogP contribution in [0.15, 0.2) is 40.9 Å². The third-order valence-electron chi connectivity index (χ3n) is 2.58. The monoisotopic (exact) mass is 372 g/mol. The zero-order valence-corrected chi connectivity index (χ0v) is 12.6. The molecule has 0 unspecified atom stereocenters. The molecule has 21 heavy (non-hydrogen) atoms. The van der Waals surface area contributed by atoms with Gasteiger partial charge in [-0.25, -0.2) is 4.39 Å². The Bertz CT molecular complexity index is 739. The highest BCUT2D eigenvalue weighted by atomic mass is 79.9. The van der Waals surface area contributed by atoms with Gasteiger partial charge in [-0.2, -0.15) is 0 Å². The highest BCUT2D eigenvalue weighted by molar-refractivity contribution is 9.10. The van der Waals surface area contributed by atoms with E-state index in [1.807, 2.05) is 0 Å². The largest absolute Gasteiger partial charge is 0.321 e. The number of nitrogens with zero attached hydrogens (tertiary/aromatic N) is 1. The van der Waals surface area contributed by atoms with Gasteiger partial charge < -0.3 is 5.32 Å². The van der Waals surface area contributed by atoms with Crippen LogP contribution in [0.5, 0.6) is 0 Å². The number of nitro benzene ring substituents is 1. The Morgan fingerprint density at radius 1 is 1.29 bits per heavy atom. The van der Waals surface area contributed by atoms with E-state index in [0.717, 1.165) is 12.1 Å². The van der Waals surface area contributed by atoms with Crippen LogP contribution in [-0.2, 0) is 0 Å². The molecule has 0 aliphatic heterocycles. The molecule has 0 saturated heterocycles. The Kier molecular flexibility index (Phi) is 4.54. The SMILES string of the molecule is O=C(Nc1ccc([N+](=O)[O-])cc1Cl)c1cc(F)ccc1Br. The van der Waals surface area contributed by atoms with Gasteiger partial charge in [0.25, 0.3) is 11.6 Å². The molecule has 0 spiro atoms. The lowest BCUT2D eigenvalue weighted by Gasteiger charge is -2.08. The highest BCUT2D eigenvalue weighted by Crippen LogP contribution is 2.28. The van der Waals surface area contributed by atoms with Crippen molar-refractivity contribution in [2.24, 2.45) is 0 Å². The first-order chi connectivity index (χ1) is 9.88. The lowest BCUT2D eigenvalue weighted by Crippen LogP contribution is -2.13. The molecular formula is C13H7BrClFN2O3. The first kappa shape index (κ1) is 15.4. The second-order valence-corrected chi connectivity index (χ2v) is 5.26. The van der Waals surface area contributed by atoms with Crippen molar-refractivity contribution < 1.29 is 14.1 Å². The minimum absolute atomic E-state index is 0.0186. The summed E-state index contributed by atoms with van der Waals surface area (Å²) in [6.45, 7) is 0. The van der Waals surface area contributed by atoms with Gasteiger partial charge in [-0.1, -0.05) is 11.6 Å². The van der Waals surface area contributed by atoms with E-state index in [1.165, 1.54) is 24.3 Å². The number of carbonyl (C=O) groups excluding carboxylic acids is 1. The Morgan fingerprint density at radius 2 is 2.00 bits per heavy atom. The first-order valence-corrected chi connectivity index (χ1v) is 6.76. The standard InChI is InChI=1S/C13H7BrClFN2O3/c14-10-3-1-7(16)5-9(10)13(19)17-12-4-2-8(18(20)21)6-11(12)15/h1-6H,(H,17,19). The number of benzene rings is 2. The molecule has 2 rings (SSSR count). The minimum Gasteiger partial charge on any atom is -0.321 e. The predicted molar refractivity (Wildman–Crippen MR) is 80.2 cm³/mol. The van der Waals surface area contributed by atoms with Crippen molar-refractivity contribution in [1.29, 1.82) is 0 Å². The van der Waals surface area contributed by atoms with Gasteiger partial charge in [-0.05, 0) is 40.2 Å². The van der Waals surface area contributed by atoms with Crippen molar-refractivity contribution >= 4 is 44.8 Å². The summed E-state index contributed by atoms with van der Waals surface area (Å²) in [6.07, 6.45) is 0. The third kappa shape index (κ3) is 3.56. The second kappa shape index (κ2) is 6.19. The molecule has 2 aromatic rings. The fourth-order valence-electron chi connectivity index (χ4n) is 1.58. The van der Waals surface area contributed by atoms with E-state index in [9.17, 15) is 19.3 Å². The van der Waals surface area contributed by atoms with Crippen molar-refractivity contribution in [1.82, 2.24) is 0 Å². The molecule has 5 nitrogen and oxygen atoms in total. The van der Waals surface area contributed by atoms with E-state index in [0.29, 0.717) is 4.47 Å². The Hall–Kier alpha value is -1.99. The molecule has 0 radical (unpaired) electrons. The average molecular weight is 374 g/mol. The van der Waals surface area contributed by atoms with Crippen molar-refractivity contribution in [3.8, 4) is 0 Å². The normalized spacial score (nSPS) is 10.2. The fraction of sp³-hybridized carbons (Fsp3) is 0. The van der Waals surface area contributed by atoms with Gasteiger partial charge in [0.2, 0.25) is 0 Å². The molecule has 8 heteroatoms. The molecule has 108 valence electrons. The molecule has 0 aliphatic carbocycles. The number of nitro groups is 1.